The quantitative estimate of drug-likeness (QED) is 0.624. The topological polar surface area (TPSA) is 91.3 Å². The lowest BCUT2D eigenvalue weighted by molar-refractivity contribution is 0.0692. The Labute approximate surface area is 151 Å². The normalized spacial score (nSPS) is 10.2. The summed E-state index contributed by atoms with van der Waals surface area (Å²) in [6.45, 7) is 3.34. The summed E-state index contributed by atoms with van der Waals surface area (Å²) >= 11 is 0. The van der Waals surface area contributed by atoms with E-state index in [0.717, 1.165) is 0 Å². The molecule has 0 aliphatic rings. The fourth-order valence-electron chi connectivity index (χ4n) is 2.64. The summed E-state index contributed by atoms with van der Waals surface area (Å²) < 4.78 is 21.0. The van der Waals surface area contributed by atoms with Gasteiger partial charge in [0.15, 0.2) is 0 Å². The number of methoxy groups -OCH3 is 3. The highest BCUT2D eigenvalue weighted by Crippen LogP contribution is 2.32. The van der Waals surface area contributed by atoms with Crippen molar-refractivity contribution in [2.24, 2.45) is 0 Å². The summed E-state index contributed by atoms with van der Waals surface area (Å²) in [5.74, 6) is -0.598. The molecule has 0 heterocycles. The SMILES string of the molecule is COc1cc(C)c(C(=O)Oc2cc(C)c(C(=O)O)c(OC)c2)c(OC)c1. The van der Waals surface area contributed by atoms with Crippen LogP contribution in [0.15, 0.2) is 24.3 Å². The standard InChI is InChI=1S/C19H20O7/c1-10-7-13(9-14(24-4)16(10)18(20)21)26-19(22)17-11(2)6-12(23-3)8-15(17)25-5/h6-9H,1-5H3,(H,20,21). The van der Waals surface area contributed by atoms with Crippen molar-refractivity contribution in [1.82, 2.24) is 0 Å². The number of benzene rings is 2. The van der Waals surface area contributed by atoms with E-state index >= 15 is 0 Å². The highest BCUT2D eigenvalue weighted by atomic mass is 16.5. The molecule has 26 heavy (non-hydrogen) atoms. The minimum absolute atomic E-state index is 0.0190. The third kappa shape index (κ3) is 3.72. The molecule has 138 valence electrons. The molecule has 0 unspecified atom stereocenters. The van der Waals surface area contributed by atoms with Crippen molar-refractivity contribution in [3.05, 3.63) is 46.5 Å². The zero-order chi connectivity index (χ0) is 19.4. The van der Waals surface area contributed by atoms with Crippen LogP contribution < -0.4 is 18.9 Å². The molecule has 0 aliphatic heterocycles. The molecule has 2 rings (SSSR count). The van der Waals surface area contributed by atoms with Gasteiger partial charge < -0.3 is 24.1 Å². The summed E-state index contributed by atoms with van der Waals surface area (Å²) in [4.78, 5) is 24.0. The Morgan fingerprint density at radius 2 is 1.27 bits per heavy atom. The van der Waals surface area contributed by atoms with Gasteiger partial charge in [0, 0.05) is 12.1 Å². The van der Waals surface area contributed by atoms with Crippen LogP contribution in [0.3, 0.4) is 0 Å². The smallest absolute Gasteiger partial charge is 0.347 e. The average molecular weight is 360 g/mol. The first kappa shape index (κ1) is 19.1. The molecule has 0 radical (unpaired) electrons. The highest BCUT2D eigenvalue weighted by Gasteiger charge is 2.21. The monoisotopic (exact) mass is 360 g/mol. The van der Waals surface area contributed by atoms with Gasteiger partial charge in [-0.3, -0.25) is 0 Å². The largest absolute Gasteiger partial charge is 0.497 e. The predicted molar refractivity (Wildman–Crippen MR) is 93.9 cm³/mol. The van der Waals surface area contributed by atoms with Gasteiger partial charge in [0.05, 0.1) is 21.3 Å². The molecule has 0 amide bonds. The minimum atomic E-state index is -1.12. The van der Waals surface area contributed by atoms with Crippen molar-refractivity contribution in [2.75, 3.05) is 21.3 Å². The molecule has 0 atom stereocenters. The number of carbonyl (C=O) groups excluding carboxylic acids is 1. The molecule has 2 aromatic rings. The number of hydrogen-bond acceptors (Lipinski definition) is 6. The number of carboxylic acids is 1. The third-order valence-corrected chi connectivity index (χ3v) is 3.85. The molecule has 0 spiro atoms. The van der Waals surface area contributed by atoms with E-state index in [4.69, 9.17) is 18.9 Å². The highest BCUT2D eigenvalue weighted by molar-refractivity contribution is 5.96. The average Bonchev–Trinajstić information content (AvgIpc) is 2.59. The summed E-state index contributed by atoms with van der Waals surface area (Å²) in [6, 6.07) is 6.11. The lowest BCUT2D eigenvalue weighted by Crippen LogP contribution is -2.13. The van der Waals surface area contributed by atoms with Crippen molar-refractivity contribution in [2.45, 2.75) is 13.8 Å². The molecule has 0 bridgehead atoms. The van der Waals surface area contributed by atoms with Crippen molar-refractivity contribution < 1.29 is 33.6 Å². The Morgan fingerprint density at radius 1 is 0.769 bits per heavy atom. The van der Waals surface area contributed by atoms with Crippen LogP contribution in [0, 0.1) is 13.8 Å². The molecule has 7 nitrogen and oxygen atoms in total. The van der Waals surface area contributed by atoms with Gasteiger partial charge in [0.2, 0.25) is 0 Å². The number of aryl methyl sites for hydroxylation is 2. The van der Waals surface area contributed by atoms with E-state index in [1.165, 1.54) is 33.5 Å². The van der Waals surface area contributed by atoms with Gasteiger partial charge in [-0.1, -0.05) is 0 Å². The van der Waals surface area contributed by atoms with E-state index in [9.17, 15) is 14.7 Å². The van der Waals surface area contributed by atoms with Gasteiger partial charge >= 0.3 is 11.9 Å². The predicted octanol–water partition coefficient (Wildman–Crippen LogP) is 3.25. The van der Waals surface area contributed by atoms with Crippen LogP contribution in [-0.2, 0) is 0 Å². The van der Waals surface area contributed by atoms with Crippen LogP contribution in [0.1, 0.15) is 31.8 Å². The van der Waals surface area contributed by atoms with E-state index in [1.807, 2.05) is 0 Å². The fraction of sp³-hybridized carbons (Fsp3) is 0.263. The van der Waals surface area contributed by atoms with Gasteiger partial charge in [-0.15, -0.1) is 0 Å². The first-order valence-electron chi connectivity index (χ1n) is 7.69. The zero-order valence-corrected chi connectivity index (χ0v) is 15.2. The summed E-state index contributed by atoms with van der Waals surface area (Å²) in [5, 5.41) is 9.27. The molecular weight excluding hydrogens is 340 g/mol. The van der Waals surface area contributed by atoms with Gasteiger partial charge in [-0.25, -0.2) is 9.59 Å². The number of aromatic carboxylic acids is 1. The number of esters is 1. The Morgan fingerprint density at radius 3 is 1.81 bits per heavy atom. The summed E-state index contributed by atoms with van der Waals surface area (Å²) in [6.07, 6.45) is 0. The van der Waals surface area contributed by atoms with Crippen molar-refractivity contribution in [3.63, 3.8) is 0 Å². The molecular formula is C19H20O7. The third-order valence-electron chi connectivity index (χ3n) is 3.85. The Balaban J connectivity index is 2.42. The van der Waals surface area contributed by atoms with Gasteiger partial charge in [0.25, 0.3) is 0 Å². The zero-order valence-electron chi connectivity index (χ0n) is 15.2. The first-order valence-corrected chi connectivity index (χ1v) is 7.69. The Kier molecular flexibility index (Phi) is 5.71. The Bertz CT molecular complexity index is 855. The molecule has 2 aromatic carbocycles. The van der Waals surface area contributed by atoms with E-state index < -0.39 is 11.9 Å². The maximum atomic E-state index is 12.6. The minimum Gasteiger partial charge on any atom is -0.497 e. The van der Waals surface area contributed by atoms with Crippen LogP contribution in [0.25, 0.3) is 0 Å². The van der Waals surface area contributed by atoms with Crippen LogP contribution in [0.4, 0.5) is 0 Å². The van der Waals surface area contributed by atoms with Gasteiger partial charge in [0.1, 0.15) is 34.1 Å². The van der Waals surface area contributed by atoms with Crippen molar-refractivity contribution >= 4 is 11.9 Å². The van der Waals surface area contributed by atoms with Gasteiger partial charge in [-0.2, -0.15) is 0 Å². The molecule has 0 fully saturated rings. The number of hydrogen-bond donors (Lipinski definition) is 1. The summed E-state index contributed by atoms with van der Waals surface area (Å²) in [5.41, 5.74) is 1.31. The first-order chi connectivity index (χ1) is 12.3. The summed E-state index contributed by atoms with van der Waals surface area (Å²) in [7, 11) is 4.31. The maximum absolute atomic E-state index is 12.6. The molecule has 0 aromatic heterocycles. The molecule has 0 saturated carbocycles. The van der Waals surface area contributed by atoms with E-state index in [1.54, 1.807) is 26.0 Å². The van der Waals surface area contributed by atoms with Crippen molar-refractivity contribution in [3.8, 4) is 23.0 Å². The lowest BCUT2D eigenvalue weighted by atomic mass is 10.1. The molecule has 1 N–H and O–H groups in total. The number of rotatable bonds is 6. The molecule has 0 saturated heterocycles. The molecule has 0 aliphatic carbocycles. The van der Waals surface area contributed by atoms with Gasteiger partial charge in [-0.05, 0) is 37.1 Å². The van der Waals surface area contributed by atoms with Crippen molar-refractivity contribution in [1.29, 1.82) is 0 Å². The number of carbonyl (C=O) groups is 2. The Hall–Kier alpha value is -3.22. The second-order valence-corrected chi connectivity index (χ2v) is 5.53. The second-order valence-electron chi connectivity index (χ2n) is 5.53. The van der Waals surface area contributed by atoms with Crippen LogP contribution in [0.2, 0.25) is 0 Å². The van der Waals surface area contributed by atoms with Crippen LogP contribution in [-0.4, -0.2) is 38.4 Å². The van der Waals surface area contributed by atoms with E-state index in [0.29, 0.717) is 22.6 Å². The molecule has 7 heteroatoms. The van der Waals surface area contributed by atoms with Crippen LogP contribution >= 0.6 is 0 Å². The number of ether oxygens (including phenoxy) is 4. The second kappa shape index (κ2) is 7.77. The van der Waals surface area contributed by atoms with E-state index in [2.05, 4.69) is 0 Å². The number of carboxylic acid groups (broad SMARTS) is 1. The fourth-order valence-corrected chi connectivity index (χ4v) is 2.64. The van der Waals surface area contributed by atoms with Crippen LogP contribution in [0.5, 0.6) is 23.0 Å². The van der Waals surface area contributed by atoms with E-state index in [-0.39, 0.29) is 22.6 Å². The maximum Gasteiger partial charge on any atom is 0.347 e. The lowest BCUT2D eigenvalue weighted by Gasteiger charge is -2.14.